The van der Waals surface area contributed by atoms with Crippen molar-refractivity contribution >= 4 is 43.0 Å². The van der Waals surface area contributed by atoms with Crippen LogP contribution >= 0.6 is 37.0 Å². The van der Waals surface area contributed by atoms with E-state index in [0.29, 0.717) is 0 Å². The van der Waals surface area contributed by atoms with E-state index in [2.05, 4.69) is 55.8 Å². The van der Waals surface area contributed by atoms with E-state index in [9.17, 15) is 13.2 Å². The first kappa shape index (κ1) is 21.8. The second-order valence-electron chi connectivity index (χ2n) is 3.30. The molecule has 0 heterocycles. The van der Waals surface area contributed by atoms with Crippen molar-refractivity contribution in [2.24, 2.45) is 0 Å². The van der Waals surface area contributed by atoms with Crippen LogP contribution in [0, 0.1) is 0 Å². The summed E-state index contributed by atoms with van der Waals surface area (Å²) in [6, 6.07) is 8.37. The van der Waals surface area contributed by atoms with Gasteiger partial charge in [-0.15, -0.1) is 11.8 Å². The molecule has 116 valence electrons. The van der Waals surface area contributed by atoms with E-state index in [1.807, 2.05) is 0 Å². The highest BCUT2D eigenvalue weighted by molar-refractivity contribution is 7.99. The minimum Gasteiger partial charge on any atom is -0.475 e. The lowest BCUT2D eigenvalue weighted by atomic mass is 10.2. The lowest BCUT2D eigenvalue weighted by molar-refractivity contribution is -0.192. The van der Waals surface area contributed by atoms with Crippen LogP contribution in [0.3, 0.4) is 0 Å². The molecule has 0 unspecified atom stereocenters. The average molecular weight is 348 g/mol. The molecule has 0 fully saturated rings. The summed E-state index contributed by atoms with van der Waals surface area (Å²) in [6.45, 7) is 0. The minimum absolute atomic E-state index is 0. The van der Waals surface area contributed by atoms with Crippen LogP contribution in [0.4, 0.5) is 13.2 Å². The van der Waals surface area contributed by atoms with Gasteiger partial charge >= 0.3 is 12.1 Å². The molecule has 0 atom stereocenters. The Kier molecular flexibility index (Phi) is 11.2. The Hall–Kier alpha value is -0.510. The van der Waals surface area contributed by atoms with Crippen LogP contribution in [0.15, 0.2) is 29.2 Å². The number of thioether (sulfide) groups is 1. The normalized spacial score (nSPS) is 10.3. The monoisotopic (exact) mass is 348 g/mol. The number of carboxylic acid groups (broad SMARTS) is 1. The van der Waals surface area contributed by atoms with Gasteiger partial charge in [-0.05, 0) is 24.3 Å². The van der Waals surface area contributed by atoms with E-state index in [-0.39, 0.29) is 10.1 Å². The van der Waals surface area contributed by atoms with Gasteiger partial charge in [-0.3, -0.25) is 0 Å². The lowest BCUT2D eigenvalue weighted by Crippen LogP contribution is -2.21. The minimum atomic E-state index is -5.08. The van der Waals surface area contributed by atoms with Gasteiger partial charge in [0.1, 0.15) is 0 Å². The first-order chi connectivity index (χ1) is 8.68. The molecule has 1 aromatic carbocycles. The van der Waals surface area contributed by atoms with Crippen molar-refractivity contribution in [3.63, 3.8) is 0 Å². The Morgan fingerprint density at radius 3 is 2.15 bits per heavy atom. The summed E-state index contributed by atoms with van der Waals surface area (Å²) in [6.07, 6.45) is -2.08. The van der Waals surface area contributed by atoms with Crippen LogP contribution in [-0.4, -0.2) is 33.6 Å². The number of benzene rings is 1. The number of rotatable bonds is 3. The summed E-state index contributed by atoms with van der Waals surface area (Å²) >= 11 is 10.3. The predicted octanol–water partition coefficient (Wildman–Crippen LogP) is 2.95. The summed E-state index contributed by atoms with van der Waals surface area (Å²) in [7, 11) is 0. The third-order valence-electron chi connectivity index (χ3n) is 1.84. The fourth-order valence-corrected chi connectivity index (χ4v) is 2.09. The van der Waals surface area contributed by atoms with E-state index >= 15 is 0 Å². The quantitative estimate of drug-likeness (QED) is 0.447. The summed E-state index contributed by atoms with van der Waals surface area (Å²) in [5.74, 6) is -2.76. The number of hydrogen-bond donors (Lipinski definition) is 3. The number of carbonyl (C=O) groups is 1. The number of thiol groups is 2. The molecule has 0 aliphatic rings. The largest absolute Gasteiger partial charge is 0.490 e. The highest BCUT2D eigenvalue weighted by Gasteiger charge is 2.38. The Bertz CT molecular complexity index is 411. The first-order valence-electron chi connectivity index (χ1n) is 4.96. The molecule has 0 amide bonds. The molecule has 3 N–H and O–H groups in total. The standard InChI is InChI=1S/C9H12S3.C2HF3O2.H2O/c1-12-8-5-3-2-4-7(8)6-9(10)11;3-2(4,5)1(6)7;/h2-5,9-11H,6H2,1H3;(H,6,7);1H2. The van der Waals surface area contributed by atoms with Gasteiger partial charge in [0.25, 0.3) is 0 Å². The van der Waals surface area contributed by atoms with Gasteiger partial charge < -0.3 is 10.6 Å². The number of alkyl halides is 3. The smallest absolute Gasteiger partial charge is 0.475 e. The molecule has 0 radical (unpaired) electrons. The van der Waals surface area contributed by atoms with Gasteiger partial charge in [-0.25, -0.2) is 4.79 Å². The maximum absolute atomic E-state index is 10.6. The third kappa shape index (κ3) is 9.40. The molecule has 0 spiro atoms. The van der Waals surface area contributed by atoms with Crippen LogP contribution in [0.5, 0.6) is 0 Å². The van der Waals surface area contributed by atoms with E-state index in [0.717, 1.165) is 6.42 Å². The van der Waals surface area contributed by atoms with Gasteiger partial charge in [0.05, 0.1) is 0 Å². The maximum atomic E-state index is 10.6. The highest BCUT2D eigenvalue weighted by Crippen LogP contribution is 2.22. The molecular formula is C11H15F3O3S3. The number of halogens is 3. The van der Waals surface area contributed by atoms with Crippen LogP contribution in [-0.2, 0) is 11.2 Å². The summed E-state index contributed by atoms with van der Waals surface area (Å²) < 4.78 is 31.9. The SMILES string of the molecule is CSc1ccccc1CC(S)S.O.O=C(O)C(F)(F)F. The number of carboxylic acids is 1. The molecule has 3 nitrogen and oxygen atoms in total. The van der Waals surface area contributed by atoms with E-state index < -0.39 is 12.1 Å². The fourth-order valence-electron chi connectivity index (χ4n) is 1.07. The topological polar surface area (TPSA) is 68.8 Å². The van der Waals surface area contributed by atoms with E-state index in [1.165, 1.54) is 10.5 Å². The van der Waals surface area contributed by atoms with Crippen LogP contribution in [0.1, 0.15) is 5.56 Å². The van der Waals surface area contributed by atoms with Crippen LogP contribution in [0.25, 0.3) is 0 Å². The molecule has 1 rings (SSSR count). The van der Waals surface area contributed by atoms with Crippen LogP contribution in [0.2, 0.25) is 0 Å². The Morgan fingerprint density at radius 1 is 1.35 bits per heavy atom. The second kappa shape index (κ2) is 10.3. The van der Waals surface area contributed by atoms with Crippen LogP contribution < -0.4 is 0 Å². The summed E-state index contributed by atoms with van der Waals surface area (Å²) in [5, 5.41) is 7.12. The predicted molar refractivity (Wildman–Crippen MR) is 81.0 cm³/mol. The van der Waals surface area contributed by atoms with Crippen molar-refractivity contribution in [2.75, 3.05) is 6.26 Å². The van der Waals surface area contributed by atoms with Gasteiger partial charge in [0.2, 0.25) is 0 Å². The Balaban J connectivity index is 0. The van der Waals surface area contributed by atoms with Gasteiger partial charge in [-0.2, -0.15) is 38.4 Å². The van der Waals surface area contributed by atoms with Crippen molar-refractivity contribution in [2.45, 2.75) is 22.1 Å². The molecule has 0 aromatic heterocycles. The van der Waals surface area contributed by atoms with Crippen molar-refractivity contribution in [3.8, 4) is 0 Å². The van der Waals surface area contributed by atoms with Crippen molar-refractivity contribution in [1.29, 1.82) is 0 Å². The van der Waals surface area contributed by atoms with Crippen molar-refractivity contribution in [3.05, 3.63) is 29.8 Å². The highest BCUT2D eigenvalue weighted by atomic mass is 32.2. The molecule has 0 aliphatic carbocycles. The Labute approximate surface area is 130 Å². The molecular weight excluding hydrogens is 333 g/mol. The second-order valence-corrected chi connectivity index (χ2v) is 5.80. The summed E-state index contributed by atoms with van der Waals surface area (Å²) in [4.78, 5) is 10.2. The van der Waals surface area contributed by atoms with Gasteiger partial charge in [-0.1, -0.05) is 18.2 Å². The first-order valence-corrected chi connectivity index (χ1v) is 7.22. The average Bonchev–Trinajstić information content (AvgIpc) is 2.28. The molecule has 0 aliphatic heterocycles. The van der Waals surface area contributed by atoms with E-state index in [1.54, 1.807) is 11.8 Å². The van der Waals surface area contributed by atoms with Crippen molar-refractivity contribution < 1.29 is 28.5 Å². The fraction of sp³-hybridized carbons (Fsp3) is 0.364. The zero-order valence-electron chi connectivity index (χ0n) is 10.4. The Morgan fingerprint density at radius 2 is 1.80 bits per heavy atom. The molecule has 0 saturated heterocycles. The maximum Gasteiger partial charge on any atom is 0.490 e. The van der Waals surface area contributed by atoms with Gasteiger partial charge in [0, 0.05) is 9.48 Å². The molecule has 0 bridgehead atoms. The zero-order valence-corrected chi connectivity index (χ0v) is 13.0. The van der Waals surface area contributed by atoms with Crippen molar-refractivity contribution in [1.82, 2.24) is 0 Å². The molecule has 1 aromatic rings. The third-order valence-corrected chi connectivity index (χ3v) is 3.04. The van der Waals surface area contributed by atoms with Gasteiger partial charge in [0.15, 0.2) is 0 Å². The molecule has 0 saturated carbocycles. The molecule has 9 heteroatoms. The molecule has 20 heavy (non-hydrogen) atoms. The van der Waals surface area contributed by atoms with E-state index in [4.69, 9.17) is 9.90 Å². The zero-order chi connectivity index (χ0) is 15.1. The lowest BCUT2D eigenvalue weighted by Gasteiger charge is -2.07. The number of aliphatic carboxylic acids is 1. The summed E-state index contributed by atoms with van der Waals surface area (Å²) in [5.41, 5.74) is 1.33. The number of hydrogen-bond acceptors (Lipinski definition) is 4.